The summed E-state index contributed by atoms with van der Waals surface area (Å²) in [7, 11) is 0. The van der Waals surface area contributed by atoms with Gasteiger partial charge in [-0.15, -0.1) is 11.8 Å². The van der Waals surface area contributed by atoms with Crippen LogP contribution in [0.1, 0.15) is 18.7 Å². The van der Waals surface area contributed by atoms with Crippen LogP contribution in [0.3, 0.4) is 0 Å². The van der Waals surface area contributed by atoms with Crippen molar-refractivity contribution in [2.75, 3.05) is 12.8 Å². The third-order valence-electron chi connectivity index (χ3n) is 2.57. The zero-order valence-electron chi connectivity index (χ0n) is 9.88. The lowest BCUT2D eigenvalue weighted by atomic mass is 10.2. The first-order valence-corrected chi connectivity index (χ1v) is 6.65. The van der Waals surface area contributed by atoms with Crippen LogP contribution in [0.2, 0.25) is 0 Å². The highest BCUT2D eigenvalue weighted by Crippen LogP contribution is 2.22. The zero-order chi connectivity index (χ0) is 12.3. The van der Waals surface area contributed by atoms with Gasteiger partial charge in [0.2, 0.25) is 11.7 Å². The largest absolute Gasteiger partial charge is 0.339 e. The Labute approximate surface area is 105 Å². The number of benzene rings is 1. The minimum absolute atomic E-state index is 0.0988. The lowest BCUT2D eigenvalue weighted by Crippen LogP contribution is -2.08. The molecule has 1 aromatic carbocycles. The van der Waals surface area contributed by atoms with Crippen molar-refractivity contribution >= 4 is 11.8 Å². The predicted molar refractivity (Wildman–Crippen MR) is 69.0 cm³/mol. The molecule has 1 heterocycles. The van der Waals surface area contributed by atoms with Crippen LogP contribution in [0.15, 0.2) is 33.7 Å². The van der Waals surface area contributed by atoms with Crippen molar-refractivity contribution in [3.8, 4) is 11.4 Å². The maximum atomic E-state index is 5.56. The van der Waals surface area contributed by atoms with Crippen molar-refractivity contribution in [1.82, 2.24) is 10.1 Å². The molecule has 2 rings (SSSR count). The fraction of sp³-hybridized carbons (Fsp3) is 0.333. The van der Waals surface area contributed by atoms with Gasteiger partial charge in [-0.1, -0.05) is 12.1 Å². The molecule has 0 aliphatic rings. The normalized spacial score (nSPS) is 12.6. The number of rotatable bonds is 4. The van der Waals surface area contributed by atoms with Gasteiger partial charge in [-0.2, -0.15) is 4.98 Å². The van der Waals surface area contributed by atoms with Gasteiger partial charge in [-0.05, 0) is 30.5 Å². The summed E-state index contributed by atoms with van der Waals surface area (Å²) >= 11 is 1.71. The second kappa shape index (κ2) is 5.33. The Morgan fingerprint density at radius 3 is 2.65 bits per heavy atom. The van der Waals surface area contributed by atoms with E-state index in [1.807, 2.05) is 37.4 Å². The van der Waals surface area contributed by atoms with Gasteiger partial charge in [-0.25, -0.2) is 0 Å². The number of hydrogen-bond donors (Lipinski definition) is 1. The number of hydrogen-bond acceptors (Lipinski definition) is 5. The summed E-state index contributed by atoms with van der Waals surface area (Å²) in [4.78, 5) is 5.56. The lowest BCUT2D eigenvalue weighted by Gasteiger charge is -1.99. The molecular weight excluding hydrogens is 234 g/mol. The molecule has 2 N–H and O–H groups in total. The standard InChI is InChI=1S/C12H15N3OS/c1-8(7-13)12-14-11(15-16-12)9-3-5-10(17-2)6-4-9/h3-6,8H,7,13H2,1-2H3. The van der Waals surface area contributed by atoms with E-state index in [0.29, 0.717) is 18.3 Å². The van der Waals surface area contributed by atoms with Crippen molar-refractivity contribution < 1.29 is 4.52 Å². The first kappa shape index (κ1) is 12.1. The minimum Gasteiger partial charge on any atom is -0.339 e. The third kappa shape index (κ3) is 2.68. The molecule has 1 aromatic heterocycles. The van der Waals surface area contributed by atoms with E-state index in [2.05, 4.69) is 10.1 Å². The van der Waals surface area contributed by atoms with Crippen LogP contribution in [0.25, 0.3) is 11.4 Å². The summed E-state index contributed by atoms with van der Waals surface area (Å²) in [5.74, 6) is 1.31. The number of nitrogens with zero attached hydrogens (tertiary/aromatic N) is 2. The summed E-state index contributed by atoms with van der Waals surface area (Å²) in [5, 5.41) is 3.96. The average Bonchev–Trinajstić information content (AvgIpc) is 2.87. The van der Waals surface area contributed by atoms with E-state index in [4.69, 9.17) is 10.3 Å². The maximum absolute atomic E-state index is 5.56. The third-order valence-corrected chi connectivity index (χ3v) is 3.31. The van der Waals surface area contributed by atoms with E-state index in [0.717, 1.165) is 5.56 Å². The molecule has 0 spiro atoms. The molecule has 1 atom stereocenters. The Morgan fingerprint density at radius 2 is 2.06 bits per heavy atom. The Bertz CT molecular complexity index is 481. The first-order valence-electron chi connectivity index (χ1n) is 5.42. The second-order valence-electron chi connectivity index (χ2n) is 3.82. The first-order chi connectivity index (χ1) is 8.24. The van der Waals surface area contributed by atoms with Crippen molar-refractivity contribution in [3.63, 3.8) is 0 Å². The number of nitrogens with two attached hydrogens (primary N) is 1. The second-order valence-corrected chi connectivity index (χ2v) is 4.70. The van der Waals surface area contributed by atoms with Crippen LogP contribution in [0.4, 0.5) is 0 Å². The van der Waals surface area contributed by atoms with Crippen LogP contribution in [0, 0.1) is 0 Å². The highest BCUT2D eigenvalue weighted by Gasteiger charge is 2.13. The monoisotopic (exact) mass is 249 g/mol. The average molecular weight is 249 g/mol. The molecule has 0 saturated carbocycles. The molecule has 17 heavy (non-hydrogen) atoms. The molecule has 0 radical (unpaired) electrons. The van der Waals surface area contributed by atoms with Gasteiger partial charge < -0.3 is 10.3 Å². The highest BCUT2D eigenvalue weighted by atomic mass is 32.2. The Hall–Kier alpha value is -1.33. The molecule has 0 aliphatic carbocycles. The Balaban J connectivity index is 2.24. The number of aromatic nitrogens is 2. The van der Waals surface area contributed by atoms with Gasteiger partial charge >= 0.3 is 0 Å². The van der Waals surface area contributed by atoms with Crippen molar-refractivity contribution in [2.45, 2.75) is 17.7 Å². The van der Waals surface area contributed by atoms with E-state index in [1.54, 1.807) is 11.8 Å². The highest BCUT2D eigenvalue weighted by molar-refractivity contribution is 7.98. The van der Waals surface area contributed by atoms with Crippen LogP contribution >= 0.6 is 11.8 Å². The fourth-order valence-electron chi connectivity index (χ4n) is 1.39. The fourth-order valence-corrected chi connectivity index (χ4v) is 1.80. The molecule has 0 aliphatic heterocycles. The predicted octanol–water partition coefficient (Wildman–Crippen LogP) is 2.52. The molecule has 0 saturated heterocycles. The molecule has 0 amide bonds. The molecule has 5 heteroatoms. The Morgan fingerprint density at radius 1 is 1.35 bits per heavy atom. The van der Waals surface area contributed by atoms with Crippen LogP contribution in [0.5, 0.6) is 0 Å². The zero-order valence-corrected chi connectivity index (χ0v) is 10.7. The molecule has 1 unspecified atom stereocenters. The molecule has 90 valence electrons. The lowest BCUT2D eigenvalue weighted by molar-refractivity contribution is 0.361. The van der Waals surface area contributed by atoms with Gasteiger partial charge in [0.05, 0.1) is 0 Å². The Kier molecular flexibility index (Phi) is 3.81. The summed E-state index contributed by atoms with van der Waals surface area (Å²) < 4.78 is 5.18. The van der Waals surface area contributed by atoms with Gasteiger partial charge in [0.1, 0.15) is 0 Å². The summed E-state index contributed by atoms with van der Waals surface area (Å²) in [6.07, 6.45) is 2.05. The summed E-state index contributed by atoms with van der Waals surface area (Å²) in [5.41, 5.74) is 6.52. The molecule has 0 fully saturated rings. The van der Waals surface area contributed by atoms with E-state index in [9.17, 15) is 0 Å². The molecular formula is C12H15N3OS. The van der Waals surface area contributed by atoms with Crippen LogP contribution in [-0.2, 0) is 0 Å². The summed E-state index contributed by atoms with van der Waals surface area (Å²) in [6.45, 7) is 2.47. The van der Waals surface area contributed by atoms with Gasteiger partial charge in [0.25, 0.3) is 0 Å². The van der Waals surface area contributed by atoms with Crippen LogP contribution < -0.4 is 5.73 Å². The van der Waals surface area contributed by atoms with Crippen molar-refractivity contribution in [1.29, 1.82) is 0 Å². The van der Waals surface area contributed by atoms with Crippen molar-refractivity contribution in [2.24, 2.45) is 5.73 Å². The van der Waals surface area contributed by atoms with Gasteiger partial charge in [0, 0.05) is 22.9 Å². The van der Waals surface area contributed by atoms with Crippen LogP contribution in [-0.4, -0.2) is 22.9 Å². The smallest absolute Gasteiger partial charge is 0.231 e. The summed E-state index contributed by atoms with van der Waals surface area (Å²) in [6, 6.07) is 8.08. The van der Waals surface area contributed by atoms with E-state index in [1.165, 1.54) is 4.90 Å². The van der Waals surface area contributed by atoms with E-state index >= 15 is 0 Å². The molecule has 2 aromatic rings. The van der Waals surface area contributed by atoms with E-state index in [-0.39, 0.29) is 5.92 Å². The SMILES string of the molecule is CSc1ccc(-c2noc(C(C)CN)n2)cc1. The van der Waals surface area contributed by atoms with E-state index < -0.39 is 0 Å². The molecule has 4 nitrogen and oxygen atoms in total. The number of thioether (sulfide) groups is 1. The van der Waals surface area contributed by atoms with Gasteiger partial charge in [0.15, 0.2) is 0 Å². The topological polar surface area (TPSA) is 64.9 Å². The quantitative estimate of drug-likeness (QED) is 0.843. The maximum Gasteiger partial charge on any atom is 0.231 e. The minimum atomic E-state index is 0.0988. The van der Waals surface area contributed by atoms with Crippen molar-refractivity contribution in [3.05, 3.63) is 30.2 Å². The van der Waals surface area contributed by atoms with Gasteiger partial charge in [-0.3, -0.25) is 0 Å². The molecule has 0 bridgehead atoms.